The Kier molecular flexibility index (Phi) is 5.11. The zero-order valence-electron chi connectivity index (χ0n) is 12.0. The Morgan fingerprint density at radius 2 is 1.95 bits per heavy atom. The largest absolute Gasteiger partial charge is 0.346 e. The van der Waals surface area contributed by atoms with Gasteiger partial charge in [0.2, 0.25) is 5.91 Å². The summed E-state index contributed by atoms with van der Waals surface area (Å²) in [4.78, 5) is 12.0. The molecule has 1 saturated heterocycles. The van der Waals surface area contributed by atoms with Crippen molar-refractivity contribution >= 4 is 11.6 Å². The number of hydrogen-bond donors (Lipinski definition) is 2. The molecule has 5 nitrogen and oxygen atoms in total. The second-order valence-corrected chi connectivity index (χ2v) is 5.10. The van der Waals surface area contributed by atoms with Gasteiger partial charge in [0.05, 0.1) is 19.3 Å². The topological polar surface area (TPSA) is 73.6 Å². The molecule has 1 aliphatic heterocycles. The summed E-state index contributed by atoms with van der Waals surface area (Å²) in [6, 6.07) is 6.96. The maximum absolute atomic E-state index is 12.0. The minimum atomic E-state index is -0.485. The number of nitrogens with one attached hydrogen (secondary N) is 1. The number of carbonyl (C=O) groups excluding carboxylic acids is 1. The molecule has 1 amide bonds. The van der Waals surface area contributed by atoms with Gasteiger partial charge in [0.25, 0.3) is 0 Å². The van der Waals surface area contributed by atoms with Gasteiger partial charge in [-0.25, -0.2) is 0 Å². The summed E-state index contributed by atoms with van der Waals surface area (Å²) in [6.45, 7) is 5.23. The number of amides is 1. The van der Waals surface area contributed by atoms with Crippen molar-refractivity contribution in [3.8, 4) is 0 Å². The summed E-state index contributed by atoms with van der Waals surface area (Å²) in [7, 11) is 0. The Morgan fingerprint density at radius 1 is 1.35 bits per heavy atom. The average Bonchev–Trinajstić information content (AvgIpc) is 3.00. The number of ether oxygens (including phenoxy) is 2. The summed E-state index contributed by atoms with van der Waals surface area (Å²) in [5, 5.41) is 2.83. The van der Waals surface area contributed by atoms with Crippen LogP contribution in [-0.2, 0) is 14.3 Å². The maximum atomic E-state index is 12.0. The molecule has 1 unspecified atom stereocenters. The van der Waals surface area contributed by atoms with Gasteiger partial charge >= 0.3 is 0 Å². The fourth-order valence-electron chi connectivity index (χ4n) is 2.01. The van der Waals surface area contributed by atoms with Crippen molar-refractivity contribution in [2.75, 3.05) is 18.5 Å². The molecule has 2 rings (SSSR count). The molecular formula is C15H22N2O3. The lowest BCUT2D eigenvalue weighted by Crippen LogP contribution is -2.40. The van der Waals surface area contributed by atoms with Gasteiger partial charge in [0.1, 0.15) is 0 Å². The molecule has 0 spiro atoms. The molecule has 1 aromatic rings. The van der Waals surface area contributed by atoms with Crippen LogP contribution in [0.2, 0.25) is 0 Å². The summed E-state index contributed by atoms with van der Waals surface area (Å²) in [6.07, 6.45) is 0.589. The SMILES string of the molecule is CCC(C)[C@H](N)C(=O)Nc1ccc(C2OCCO2)cc1. The highest BCUT2D eigenvalue weighted by Crippen LogP contribution is 2.24. The Labute approximate surface area is 119 Å². The molecule has 0 aliphatic carbocycles. The maximum Gasteiger partial charge on any atom is 0.241 e. The van der Waals surface area contributed by atoms with E-state index in [2.05, 4.69) is 5.32 Å². The molecule has 0 aromatic heterocycles. The Bertz CT molecular complexity index is 441. The third-order valence-corrected chi connectivity index (χ3v) is 3.63. The van der Waals surface area contributed by atoms with E-state index in [-0.39, 0.29) is 18.1 Å². The fraction of sp³-hybridized carbons (Fsp3) is 0.533. The Balaban J connectivity index is 1.94. The van der Waals surface area contributed by atoms with E-state index in [0.717, 1.165) is 17.7 Å². The normalized spacial score (nSPS) is 18.8. The molecule has 3 N–H and O–H groups in total. The first-order valence-electron chi connectivity index (χ1n) is 7.01. The Hall–Kier alpha value is -1.43. The fourth-order valence-corrected chi connectivity index (χ4v) is 2.01. The van der Waals surface area contributed by atoms with Gasteiger partial charge in [0.15, 0.2) is 6.29 Å². The van der Waals surface area contributed by atoms with Gasteiger partial charge in [-0.15, -0.1) is 0 Å². The molecule has 2 atom stereocenters. The van der Waals surface area contributed by atoms with Gasteiger partial charge in [-0.2, -0.15) is 0 Å². The van der Waals surface area contributed by atoms with E-state index >= 15 is 0 Å². The minimum Gasteiger partial charge on any atom is -0.346 e. The molecule has 20 heavy (non-hydrogen) atoms. The number of carbonyl (C=O) groups is 1. The third kappa shape index (κ3) is 3.56. The molecule has 1 aromatic carbocycles. The van der Waals surface area contributed by atoms with Crippen LogP contribution in [0.4, 0.5) is 5.69 Å². The first-order chi connectivity index (χ1) is 9.61. The van der Waals surface area contributed by atoms with Crippen LogP contribution in [0.25, 0.3) is 0 Å². The average molecular weight is 278 g/mol. The lowest BCUT2D eigenvalue weighted by molar-refractivity contribution is -0.118. The molecule has 1 fully saturated rings. The van der Waals surface area contributed by atoms with Crippen molar-refractivity contribution in [1.29, 1.82) is 0 Å². The quantitative estimate of drug-likeness (QED) is 0.864. The van der Waals surface area contributed by atoms with E-state index in [1.165, 1.54) is 0 Å². The van der Waals surface area contributed by atoms with Crippen LogP contribution in [0.3, 0.4) is 0 Å². The van der Waals surface area contributed by atoms with Gasteiger partial charge < -0.3 is 20.5 Å². The smallest absolute Gasteiger partial charge is 0.241 e. The van der Waals surface area contributed by atoms with E-state index < -0.39 is 6.04 Å². The predicted octanol–water partition coefficient (Wildman–Crippen LogP) is 2.04. The van der Waals surface area contributed by atoms with Crippen LogP contribution in [-0.4, -0.2) is 25.2 Å². The zero-order chi connectivity index (χ0) is 14.5. The predicted molar refractivity (Wildman–Crippen MR) is 77.1 cm³/mol. The zero-order valence-corrected chi connectivity index (χ0v) is 12.0. The number of anilines is 1. The lowest BCUT2D eigenvalue weighted by atomic mass is 9.99. The minimum absolute atomic E-state index is 0.152. The van der Waals surface area contributed by atoms with Crippen LogP contribution in [0.5, 0.6) is 0 Å². The monoisotopic (exact) mass is 278 g/mol. The highest BCUT2D eigenvalue weighted by molar-refractivity contribution is 5.94. The van der Waals surface area contributed by atoms with Crippen LogP contribution in [0.1, 0.15) is 32.1 Å². The third-order valence-electron chi connectivity index (χ3n) is 3.63. The van der Waals surface area contributed by atoms with E-state index in [4.69, 9.17) is 15.2 Å². The molecule has 110 valence electrons. The molecule has 0 bridgehead atoms. The van der Waals surface area contributed by atoms with Crippen molar-refractivity contribution in [3.05, 3.63) is 29.8 Å². The van der Waals surface area contributed by atoms with Crippen LogP contribution < -0.4 is 11.1 Å². The van der Waals surface area contributed by atoms with Crippen molar-refractivity contribution in [3.63, 3.8) is 0 Å². The second kappa shape index (κ2) is 6.83. The van der Waals surface area contributed by atoms with Gasteiger partial charge in [0, 0.05) is 11.3 Å². The van der Waals surface area contributed by atoms with E-state index in [1.54, 1.807) is 0 Å². The van der Waals surface area contributed by atoms with Gasteiger partial charge in [-0.3, -0.25) is 4.79 Å². The molecule has 1 heterocycles. The first-order valence-corrected chi connectivity index (χ1v) is 7.01. The van der Waals surface area contributed by atoms with Gasteiger partial charge in [-0.1, -0.05) is 32.4 Å². The standard InChI is InChI=1S/C15H22N2O3/c1-3-10(2)13(16)14(18)17-12-6-4-11(5-7-12)15-19-8-9-20-15/h4-7,10,13,15H,3,8-9,16H2,1-2H3,(H,17,18)/t10?,13-/m0/s1. The summed E-state index contributed by atoms with van der Waals surface area (Å²) < 4.78 is 10.8. The van der Waals surface area contributed by atoms with Crippen molar-refractivity contribution in [2.24, 2.45) is 11.7 Å². The molecular weight excluding hydrogens is 256 g/mol. The number of nitrogens with two attached hydrogens (primary N) is 1. The number of benzene rings is 1. The Morgan fingerprint density at radius 3 is 2.50 bits per heavy atom. The number of hydrogen-bond acceptors (Lipinski definition) is 4. The molecule has 0 saturated carbocycles. The summed E-state index contributed by atoms with van der Waals surface area (Å²) in [5.74, 6) is 0.00929. The number of rotatable bonds is 5. The van der Waals surface area contributed by atoms with Crippen molar-refractivity contribution < 1.29 is 14.3 Å². The highest BCUT2D eigenvalue weighted by atomic mass is 16.7. The van der Waals surface area contributed by atoms with Crippen LogP contribution in [0, 0.1) is 5.92 Å². The van der Waals surface area contributed by atoms with E-state index in [9.17, 15) is 4.79 Å². The highest BCUT2D eigenvalue weighted by Gasteiger charge is 2.20. The first kappa shape index (κ1) is 15.0. The van der Waals surface area contributed by atoms with Crippen molar-refractivity contribution in [1.82, 2.24) is 0 Å². The van der Waals surface area contributed by atoms with Crippen LogP contribution in [0.15, 0.2) is 24.3 Å². The van der Waals surface area contributed by atoms with Crippen molar-refractivity contribution in [2.45, 2.75) is 32.6 Å². The van der Waals surface area contributed by atoms with Crippen LogP contribution >= 0.6 is 0 Å². The molecule has 0 radical (unpaired) electrons. The lowest BCUT2D eigenvalue weighted by Gasteiger charge is -2.18. The second-order valence-electron chi connectivity index (χ2n) is 5.10. The summed E-state index contributed by atoms with van der Waals surface area (Å²) >= 11 is 0. The van der Waals surface area contributed by atoms with Gasteiger partial charge in [-0.05, 0) is 18.1 Å². The van der Waals surface area contributed by atoms with E-state index in [0.29, 0.717) is 13.2 Å². The molecule has 5 heteroatoms. The molecule has 1 aliphatic rings. The summed E-state index contributed by atoms with van der Waals surface area (Å²) in [5.41, 5.74) is 7.58. The van der Waals surface area contributed by atoms with E-state index in [1.807, 2.05) is 38.1 Å².